The molecule has 2 aromatic carbocycles. The number of nitrogens with one attached hydrogen (secondary N) is 2. The molecule has 0 aromatic heterocycles. The first-order valence-corrected chi connectivity index (χ1v) is 9.10. The highest BCUT2D eigenvalue weighted by Crippen LogP contribution is 2.22. The minimum atomic E-state index is -0.259. The van der Waals surface area contributed by atoms with Gasteiger partial charge in [-0.1, -0.05) is 18.2 Å². The van der Waals surface area contributed by atoms with Gasteiger partial charge in [-0.15, -0.1) is 0 Å². The lowest BCUT2D eigenvalue weighted by Gasteiger charge is -2.28. The zero-order valence-electron chi connectivity index (χ0n) is 15.7. The van der Waals surface area contributed by atoms with Crippen molar-refractivity contribution < 1.29 is 14.3 Å². The van der Waals surface area contributed by atoms with Gasteiger partial charge in [-0.2, -0.15) is 0 Å². The van der Waals surface area contributed by atoms with Gasteiger partial charge < -0.3 is 20.3 Å². The SMILES string of the molecule is COc1ccccc1C(=O)Nc1cccc(NC(=O)[C@H]2CCCN(C)C2)c1. The van der Waals surface area contributed by atoms with Crippen LogP contribution in [0.4, 0.5) is 11.4 Å². The maximum Gasteiger partial charge on any atom is 0.259 e. The summed E-state index contributed by atoms with van der Waals surface area (Å²) >= 11 is 0. The van der Waals surface area contributed by atoms with Crippen LogP contribution in [0.5, 0.6) is 5.75 Å². The molecule has 0 bridgehead atoms. The molecule has 0 spiro atoms. The Morgan fingerprint density at radius 2 is 1.81 bits per heavy atom. The van der Waals surface area contributed by atoms with Crippen LogP contribution in [0.25, 0.3) is 0 Å². The van der Waals surface area contributed by atoms with Crippen molar-refractivity contribution in [3.05, 3.63) is 54.1 Å². The number of nitrogens with zero attached hydrogens (tertiary/aromatic N) is 1. The van der Waals surface area contributed by atoms with Crippen molar-refractivity contribution >= 4 is 23.2 Å². The predicted octanol–water partition coefficient (Wildman–Crippen LogP) is 3.23. The zero-order chi connectivity index (χ0) is 19.2. The molecule has 142 valence electrons. The molecule has 2 amide bonds. The predicted molar refractivity (Wildman–Crippen MR) is 106 cm³/mol. The fourth-order valence-electron chi connectivity index (χ4n) is 3.33. The molecule has 0 saturated carbocycles. The van der Waals surface area contributed by atoms with E-state index in [1.165, 1.54) is 7.11 Å². The number of hydrogen-bond donors (Lipinski definition) is 2. The average Bonchev–Trinajstić information content (AvgIpc) is 2.68. The standard InChI is InChI=1S/C21H25N3O3/c1-24-12-6-7-15(14-24)20(25)22-16-8-5-9-17(13-16)23-21(26)18-10-3-4-11-19(18)27-2/h3-5,8-11,13,15H,6-7,12,14H2,1-2H3,(H,22,25)(H,23,26)/t15-/m0/s1. The third-order valence-electron chi connectivity index (χ3n) is 4.73. The minimum Gasteiger partial charge on any atom is -0.496 e. The number of amides is 2. The number of ether oxygens (including phenoxy) is 1. The highest BCUT2D eigenvalue weighted by atomic mass is 16.5. The summed E-state index contributed by atoms with van der Waals surface area (Å²) in [6.07, 6.45) is 1.93. The van der Waals surface area contributed by atoms with E-state index >= 15 is 0 Å². The summed E-state index contributed by atoms with van der Waals surface area (Å²) in [7, 11) is 3.57. The molecule has 27 heavy (non-hydrogen) atoms. The van der Waals surface area contributed by atoms with Crippen LogP contribution in [0, 0.1) is 5.92 Å². The van der Waals surface area contributed by atoms with Crippen molar-refractivity contribution in [3.63, 3.8) is 0 Å². The van der Waals surface area contributed by atoms with E-state index in [-0.39, 0.29) is 17.7 Å². The van der Waals surface area contributed by atoms with Crippen LogP contribution in [0.1, 0.15) is 23.2 Å². The first-order chi connectivity index (χ1) is 13.1. The Hall–Kier alpha value is -2.86. The van der Waals surface area contributed by atoms with Gasteiger partial charge in [0.2, 0.25) is 5.91 Å². The number of hydrogen-bond acceptors (Lipinski definition) is 4. The maximum absolute atomic E-state index is 12.5. The number of anilines is 2. The Morgan fingerprint density at radius 1 is 1.07 bits per heavy atom. The third-order valence-corrected chi connectivity index (χ3v) is 4.73. The second-order valence-electron chi connectivity index (χ2n) is 6.83. The van der Waals surface area contributed by atoms with Gasteiger partial charge in [0.05, 0.1) is 18.6 Å². The number of likely N-dealkylation sites (tertiary alicyclic amines) is 1. The lowest BCUT2D eigenvalue weighted by atomic mass is 9.97. The Morgan fingerprint density at radius 3 is 2.56 bits per heavy atom. The van der Waals surface area contributed by atoms with Crippen LogP contribution >= 0.6 is 0 Å². The molecule has 3 rings (SSSR count). The molecular formula is C21H25N3O3. The molecule has 1 saturated heterocycles. The highest BCUT2D eigenvalue weighted by Gasteiger charge is 2.24. The first kappa shape index (κ1) is 18.9. The second kappa shape index (κ2) is 8.68. The summed E-state index contributed by atoms with van der Waals surface area (Å²) in [6, 6.07) is 14.2. The Bertz CT molecular complexity index is 822. The molecule has 0 aliphatic carbocycles. The number of benzene rings is 2. The average molecular weight is 367 g/mol. The quantitative estimate of drug-likeness (QED) is 0.851. The molecule has 1 atom stereocenters. The highest BCUT2D eigenvalue weighted by molar-refractivity contribution is 6.06. The number of methoxy groups -OCH3 is 1. The fraction of sp³-hybridized carbons (Fsp3) is 0.333. The van der Waals surface area contributed by atoms with Crippen molar-refractivity contribution in [3.8, 4) is 5.75 Å². The van der Waals surface area contributed by atoms with E-state index in [9.17, 15) is 9.59 Å². The number of carbonyl (C=O) groups is 2. The van der Waals surface area contributed by atoms with Gasteiger partial charge in [0.15, 0.2) is 0 Å². The van der Waals surface area contributed by atoms with E-state index in [0.29, 0.717) is 22.7 Å². The molecule has 1 fully saturated rings. The van der Waals surface area contributed by atoms with Gasteiger partial charge >= 0.3 is 0 Å². The van der Waals surface area contributed by atoms with E-state index in [4.69, 9.17) is 4.74 Å². The van der Waals surface area contributed by atoms with E-state index in [1.807, 2.05) is 19.2 Å². The summed E-state index contributed by atoms with van der Waals surface area (Å²) in [5.41, 5.74) is 1.75. The molecule has 2 N–H and O–H groups in total. The van der Waals surface area contributed by atoms with Crippen molar-refractivity contribution in [2.24, 2.45) is 5.92 Å². The Labute approximate surface area is 159 Å². The van der Waals surface area contributed by atoms with Crippen molar-refractivity contribution in [1.29, 1.82) is 0 Å². The van der Waals surface area contributed by atoms with Crippen molar-refractivity contribution in [1.82, 2.24) is 4.90 Å². The van der Waals surface area contributed by atoms with Crippen LogP contribution in [-0.4, -0.2) is 44.0 Å². The third kappa shape index (κ3) is 4.86. The van der Waals surface area contributed by atoms with E-state index in [0.717, 1.165) is 25.9 Å². The van der Waals surface area contributed by atoms with Gasteiger partial charge in [0.25, 0.3) is 5.91 Å². The number of carbonyl (C=O) groups excluding carboxylic acids is 2. The van der Waals surface area contributed by atoms with Gasteiger partial charge in [0.1, 0.15) is 5.75 Å². The molecule has 1 heterocycles. The van der Waals surface area contributed by atoms with Gasteiger partial charge in [0, 0.05) is 17.9 Å². The smallest absolute Gasteiger partial charge is 0.259 e. The molecule has 0 unspecified atom stereocenters. The lowest BCUT2D eigenvalue weighted by molar-refractivity contribution is -0.121. The van der Waals surface area contributed by atoms with E-state index in [2.05, 4.69) is 15.5 Å². The molecule has 1 aliphatic heterocycles. The van der Waals surface area contributed by atoms with Crippen LogP contribution in [0.2, 0.25) is 0 Å². The molecule has 0 radical (unpaired) electrons. The normalized spacial score (nSPS) is 17.2. The van der Waals surface area contributed by atoms with Crippen LogP contribution in [0.15, 0.2) is 48.5 Å². The fourth-order valence-corrected chi connectivity index (χ4v) is 3.33. The Kier molecular flexibility index (Phi) is 6.08. The summed E-state index contributed by atoms with van der Waals surface area (Å²) in [5, 5.41) is 5.82. The molecular weight excluding hydrogens is 342 g/mol. The zero-order valence-corrected chi connectivity index (χ0v) is 15.7. The molecule has 6 nitrogen and oxygen atoms in total. The van der Waals surface area contributed by atoms with Gasteiger partial charge in [-0.3, -0.25) is 9.59 Å². The maximum atomic E-state index is 12.5. The molecule has 1 aliphatic rings. The van der Waals surface area contributed by atoms with Gasteiger partial charge in [-0.05, 0) is 56.8 Å². The van der Waals surface area contributed by atoms with Crippen molar-refractivity contribution in [2.75, 3.05) is 37.9 Å². The minimum absolute atomic E-state index is 0.00410. The Balaban J connectivity index is 1.66. The topological polar surface area (TPSA) is 70.7 Å². The summed E-state index contributed by atoms with van der Waals surface area (Å²) in [6.45, 7) is 1.81. The van der Waals surface area contributed by atoms with E-state index in [1.54, 1.807) is 36.4 Å². The molecule has 6 heteroatoms. The second-order valence-corrected chi connectivity index (χ2v) is 6.83. The first-order valence-electron chi connectivity index (χ1n) is 9.10. The summed E-state index contributed by atoms with van der Waals surface area (Å²) in [4.78, 5) is 27.2. The largest absolute Gasteiger partial charge is 0.496 e. The number of piperidine rings is 1. The summed E-state index contributed by atoms with van der Waals surface area (Å²) < 4.78 is 5.23. The van der Waals surface area contributed by atoms with E-state index < -0.39 is 0 Å². The van der Waals surface area contributed by atoms with Crippen LogP contribution in [0.3, 0.4) is 0 Å². The van der Waals surface area contributed by atoms with Crippen LogP contribution < -0.4 is 15.4 Å². The molecule has 2 aromatic rings. The van der Waals surface area contributed by atoms with Crippen LogP contribution in [-0.2, 0) is 4.79 Å². The van der Waals surface area contributed by atoms with Crippen molar-refractivity contribution in [2.45, 2.75) is 12.8 Å². The lowest BCUT2D eigenvalue weighted by Crippen LogP contribution is -2.38. The number of rotatable bonds is 5. The summed E-state index contributed by atoms with van der Waals surface area (Å²) in [5.74, 6) is 0.274. The monoisotopic (exact) mass is 367 g/mol. The van der Waals surface area contributed by atoms with Gasteiger partial charge in [-0.25, -0.2) is 0 Å². The number of para-hydroxylation sites is 1.